The van der Waals surface area contributed by atoms with Crippen molar-refractivity contribution in [2.45, 2.75) is 39.0 Å². The summed E-state index contributed by atoms with van der Waals surface area (Å²) in [6.07, 6.45) is 0.332. The van der Waals surface area contributed by atoms with Crippen LogP contribution in [0, 0.1) is 0 Å². The molecule has 0 unspecified atom stereocenters. The number of rotatable bonds is 6. The zero-order valence-corrected chi connectivity index (χ0v) is 14.4. The lowest BCUT2D eigenvalue weighted by Crippen LogP contribution is -2.52. The third-order valence-electron chi connectivity index (χ3n) is 4.62. The first-order valence-electron chi connectivity index (χ1n) is 8.66. The predicted octanol–water partition coefficient (Wildman–Crippen LogP) is 1.87. The zero-order valence-electron chi connectivity index (χ0n) is 14.4. The Morgan fingerprint density at radius 3 is 2.75 bits per heavy atom. The Labute approximate surface area is 143 Å². The van der Waals surface area contributed by atoms with E-state index in [-0.39, 0.29) is 0 Å². The van der Waals surface area contributed by atoms with Crippen LogP contribution in [0.3, 0.4) is 0 Å². The molecule has 3 rings (SSSR count). The van der Waals surface area contributed by atoms with Crippen LogP contribution >= 0.6 is 0 Å². The van der Waals surface area contributed by atoms with E-state index in [2.05, 4.69) is 26.9 Å². The monoisotopic (exact) mass is 330 g/mol. The summed E-state index contributed by atoms with van der Waals surface area (Å²) >= 11 is 0. The quantitative estimate of drug-likeness (QED) is 0.872. The number of aliphatic hydroxyl groups is 1. The molecule has 0 aliphatic carbocycles. The Hall–Kier alpha value is -1.76. The number of aliphatic hydroxyl groups excluding tert-OH is 1. The lowest BCUT2D eigenvalue weighted by atomic mass is 10.1. The topological polar surface area (TPSA) is 65.6 Å². The van der Waals surface area contributed by atoms with Gasteiger partial charge in [-0.05, 0) is 12.5 Å². The van der Waals surface area contributed by atoms with E-state index < -0.39 is 6.10 Å². The fraction of sp³-hybridized carbons (Fsp3) is 0.556. The van der Waals surface area contributed by atoms with E-state index in [1.165, 1.54) is 0 Å². The Kier molecular flexibility index (Phi) is 5.60. The van der Waals surface area contributed by atoms with Crippen molar-refractivity contribution in [2.75, 3.05) is 26.2 Å². The fourth-order valence-electron chi connectivity index (χ4n) is 3.19. The minimum atomic E-state index is -0.440. The average molecular weight is 330 g/mol. The Morgan fingerprint density at radius 2 is 2.08 bits per heavy atom. The van der Waals surface area contributed by atoms with E-state index in [4.69, 9.17) is 4.52 Å². The summed E-state index contributed by atoms with van der Waals surface area (Å²) in [5, 5.41) is 14.5. The molecule has 130 valence electrons. The van der Waals surface area contributed by atoms with Crippen LogP contribution in [0.5, 0.6) is 0 Å². The van der Waals surface area contributed by atoms with Gasteiger partial charge in [-0.25, -0.2) is 0 Å². The molecule has 1 saturated heterocycles. The maximum absolute atomic E-state index is 10.4. The minimum Gasteiger partial charge on any atom is -0.387 e. The third kappa shape index (κ3) is 4.20. The van der Waals surface area contributed by atoms with Gasteiger partial charge in [-0.1, -0.05) is 42.4 Å². The maximum atomic E-state index is 10.4. The Morgan fingerprint density at radius 1 is 1.29 bits per heavy atom. The molecule has 2 heterocycles. The second-order valence-electron chi connectivity index (χ2n) is 6.46. The largest absolute Gasteiger partial charge is 0.387 e. The van der Waals surface area contributed by atoms with Crippen molar-refractivity contribution in [2.24, 2.45) is 0 Å². The van der Waals surface area contributed by atoms with Crippen molar-refractivity contribution in [1.29, 1.82) is 0 Å². The van der Waals surface area contributed by atoms with Gasteiger partial charge in [0.25, 0.3) is 0 Å². The number of hydrogen-bond donors (Lipinski definition) is 1. The summed E-state index contributed by atoms with van der Waals surface area (Å²) in [5.41, 5.74) is 0.978. The van der Waals surface area contributed by atoms with Crippen LogP contribution in [0.2, 0.25) is 0 Å². The first kappa shape index (κ1) is 17.1. The van der Waals surface area contributed by atoms with Gasteiger partial charge in [0.1, 0.15) is 0 Å². The second kappa shape index (κ2) is 7.88. The van der Waals surface area contributed by atoms with Crippen molar-refractivity contribution >= 4 is 0 Å². The van der Waals surface area contributed by atoms with Crippen molar-refractivity contribution < 1.29 is 9.63 Å². The molecule has 1 N–H and O–H groups in total. The maximum Gasteiger partial charge on any atom is 0.226 e. The molecule has 0 saturated carbocycles. The highest BCUT2D eigenvalue weighted by molar-refractivity contribution is 5.17. The van der Waals surface area contributed by atoms with Crippen molar-refractivity contribution in [3.63, 3.8) is 0 Å². The summed E-state index contributed by atoms with van der Waals surface area (Å²) in [4.78, 5) is 9.08. The number of benzene rings is 1. The van der Waals surface area contributed by atoms with E-state index >= 15 is 0 Å². The molecule has 1 fully saturated rings. The molecule has 6 heteroatoms. The number of piperazine rings is 1. The van der Waals surface area contributed by atoms with Crippen LogP contribution in [0.1, 0.15) is 37.2 Å². The van der Waals surface area contributed by atoms with Crippen LogP contribution in [0.15, 0.2) is 34.9 Å². The van der Waals surface area contributed by atoms with Crippen LogP contribution < -0.4 is 0 Å². The third-order valence-corrected chi connectivity index (χ3v) is 4.62. The van der Waals surface area contributed by atoms with Gasteiger partial charge in [0.2, 0.25) is 5.89 Å². The number of aryl methyl sites for hydroxylation is 1. The highest BCUT2D eigenvalue weighted by Gasteiger charge is 2.26. The molecule has 24 heavy (non-hydrogen) atoms. The second-order valence-corrected chi connectivity index (χ2v) is 6.46. The number of nitrogens with zero attached hydrogens (tertiary/aromatic N) is 4. The first-order chi connectivity index (χ1) is 11.7. The van der Waals surface area contributed by atoms with E-state index in [9.17, 15) is 5.11 Å². The predicted molar refractivity (Wildman–Crippen MR) is 91.4 cm³/mol. The molecule has 0 radical (unpaired) electrons. The van der Waals surface area contributed by atoms with Crippen LogP contribution in [-0.4, -0.2) is 57.3 Å². The SMILES string of the molecule is CCc1nc(CN2CCN(C[C@@H](O)c3ccccc3)[C@H](C)C2)no1. The summed E-state index contributed by atoms with van der Waals surface area (Å²) in [7, 11) is 0. The number of β-amino-alcohol motifs (C(OH)–C–C–N with tert-alkyl or cyclic N) is 1. The molecule has 0 spiro atoms. The lowest BCUT2D eigenvalue weighted by molar-refractivity contribution is 0.0351. The molecule has 2 atom stereocenters. The Bertz CT molecular complexity index is 631. The van der Waals surface area contributed by atoms with Crippen LogP contribution in [0.4, 0.5) is 0 Å². The van der Waals surface area contributed by atoms with Gasteiger partial charge in [0.05, 0.1) is 12.6 Å². The van der Waals surface area contributed by atoms with E-state index in [0.717, 1.165) is 44.0 Å². The van der Waals surface area contributed by atoms with Crippen molar-refractivity contribution in [1.82, 2.24) is 19.9 Å². The van der Waals surface area contributed by atoms with Crippen LogP contribution in [-0.2, 0) is 13.0 Å². The minimum absolute atomic E-state index is 0.384. The van der Waals surface area contributed by atoms with Crippen molar-refractivity contribution in [3.8, 4) is 0 Å². The van der Waals surface area contributed by atoms with E-state index in [1.807, 2.05) is 37.3 Å². The van der Waals surface area contributed by atoms with Gasteiger partial charge in [-0.2, -0.15) is 4.98 Å². The smallest absolute Gasteiger partial charge is 0.226 e. The standard InChI is InChI=1S/C18H26N4O2/c1-3-18-19-17(20-24-18)13-21-9-10-22(14(2)11-21)12-16(23)15-7-5-4-6-8-15/h4-8,14,16,23H,3,9-13H2,1-2H3/t14-,16-/m1/s1. The van der Waals surface area contributed by atoms with Gasteiger partial charge < -0.3 is 9.63 Å². The fourth-order valence-corrected chi connectivity index (χ4v) is 3.19. The molecule has 1 aromatic carbocycles. The zero-order chi connectivity index (χ0) is 16.9. The summed E-state index contributed by atoms with van der Waals surface area (Å²) in [5.74, 6) is 1.46. The van der Waals surface area contributed by atoms with Crippen molar-refractivity contribution in [3.05, 3.63) is 47.6 Å². The normalized spacial score (nSPS) is 21.0. The highest BCUT2D eigenvalue weighted by atomic mass is 16.5. The molecule has 0 amide bonds. The summed E-state index contributed by atoms with van der Waals surface area (Å²) in [6, 6.07) is 10.2. The molecular formula is C18H26N4O2. The lowest BCUT2D eigenvalue weighted by Gasteiger charge is -2.40. The van der Waals surface area contributed by atoms with Gasteiger partial charge in [-0.15, -0.1) is 0 Å². The van der Waals surface area contributed by atoms with Gasteiger partial charge in [-0.3, -0.25) is 9.80 Å². The van der Waals surface area contributed by atoms with Gasteiger partial charge in [0, 0.05) is 38.6 Å². The molecule has 1 aromatic heterocycles. The van der Waals surface area contributed by atoms with Gasteiger partial charge in [0.15, 0.2) is 5.82 Å². The van der Waals surface area contributed by atoms with E-state index in [1.54, 1.807) is 0 Å². The molecule has 1 aliphatic heterocycles. The molecule has 1 aliphatic rings. The molecule has 6 nitrogen and oxygen atoms in total. The first-order valence-corrected chi connectivity index (χ1v) is 8.66. The van der Waals surface area contributed by atoms with E-state index in [0.29, 0.717) is 18.5 Å². The van der Waals surface area contributed by atoms with Crippen LogP contribution in [0.25, 0.3) is 0 Å². The number of hydrogen-bond acceptors (Lipinski definition) is 6. The number of aromatic nitrogens is 2. The molecular weight excluding hydrogens is 304 g/mol. The van der Waals surface area contributed by atoms with Gasteiger partial charge >= 0.3 is 0 Å². The Balaban J connectivity index is 1.51. The summed E-state index contributed by atoms with van der Waals surface area (Å²) in [6.45, 7) is 8.43. The molecule has 2 aromatic rings. The summed E-state index contributed by atoms with van der Waals surface area (Å²) < 4.78 is 5.17. The highest BCUT2D eigenvalue weighted by Crippen LogP contribution is 2.18. The average Bonchev–Trinajstić information content (AvgIpc) is 3.05. The molecule has 0 bridgehead atoms.